The number of nitrogens with zero attached hydrogens (tertiary/aromatic N) is 4. The summed E-state index contributed by atoms with van der Waals surface area (Å²) in [5, 5.41) is 9.49. The van der Waals surface area contributed by atoms with E-state index in [2.05, 4.69) is 138 Å². The molecule has 306 valence electrons. The molecule has 9 aromatic carbocycles. The average Bonchev–Trinajstić information content (AvgIpc) is 4.09. The Hall–Kier alpha value is -9.30. The monoisotopic (exact) mass is 844 g/mol. The van der Waals surface area contributed by atoms with Crippen LogP contribution in [-0.4, -0.2) is 9.97 Å². The second kappa shape index (κ2) is 14.4. The number of para-hydroxylation sites is 2. The van der Waals surface area contributed by atoms with Crippen molar-refractivity contribution >= 4 is 27.9 Å². The molecule has 0 unspecified atom stereocenters. The molecule has 7 heteroatoms. The van der Waals surface area contributed by atoms with Gasteiger partial charge in [-0.2, -0.15) is 5.26 Å². The molecule has 11 aromatic rings. The molecule has 2 aromatic heterocycles. The largest absolute Gasteiger partial charge is 0.457 e. The lowest BCUT2D eigenvalue weighted by atomic mass is 9.66. The third kappa shape index (κ3) is 5.68. The summed E-state index contributed by atoms with van der Waals surface area (Å²) >= 11 is 0. The van der Waals surface area contributed by atoms with Gasteiger partial charge in [-0.1, -0.05) is 127 Å². The highest BCUT2D eigenvalue weighted by atomic mass is 16.5. The molecule has 0 fully saturated rings. The van der Waals surface area contributed by atoms with Crippen LogP contribution in [0.2, 0.25) is 0 Å². The van der Waals surface area contributed by atoms with Crippen molar-refractivity contribution in [3.05, 3.63) is 233 Å². The van der Waals surface area contributed by atoms with Crippen LogP contribution in [0.15, 0.2) is 203 Å². The van der Waals surface area contributed by atoms with E-state index in [4.69, 9.17) is 30.1 Å². The summed E-state index contributed by atoms with van der Waals surface area (Å²) < 4.78 is 19.0. The highest BCUT2D eigenvalue weighted by Gasteiger charge is 2.51. The van der Waals surface area contributed by atoms with Crippen LogP contribution in [0.25, 0.3) is 94.5 Å². The summed E-state index contributed by atoms with van der Waals surface area (Å²) in [5.41, 5.74) is 18.0. The van der Waals surface area contributed by atoms with Crippen molar-refractivity contribution in [1.82, 2.24) is 9.97 Å². The molecular formula is C59H32N4O3. The normalized spacial score (nSPS) is 12.8. The summed E-state index contributed by atoms with van der Waals surface area (Å²) in [7, 11) is 0. The molecule has 0 saturated heterocycles. The number of rotatable bonds is 5. The Balaban J connectivity index is 0.858. The van der Waals surface area contributed by atoms with E-state index >= 15 is 0 Å². The Labute approximate surface area is 378 Å². The maximum absolute atomic E-state index is 9.49. The smallest absolute Gasteiger partial charge is 0.227 e. The van der Waals surface area contributed by atoms with Gasteiger partial charge in [0.05, 0.1) is 29.1 Å². The number of hydrogen-bond acceptors (Lipinski definition) is 6. The zero-order chi connectivity index (χ0) is 43.9. The van der Waals surface area contributed by atoms with Crippen LogP contribution in [0.5, 0.6) is 11.5 Å². The van der Waals surface area contributed by atoms with Gasteiger partial charge in [-0.15, -0.1) is 0 Å². The fraction of sp³-hybridized carbons (Fsp3) is 0.0169. The number of benzene rings is 9. The first-order chi connectivity index (χ1) is 32.5. The summed E-state index contributed by atoms with van der Waals surface area (Å²) in [6, 6.07) is 68.6. The van der Waals surface area contributed by atoms with Crippen LogP contribution in [0.3, 0.4) is 0 Å². The van der Waals surface area contributed by atoms with E-state index in [-0.39, 0.29) is 0 Å². The predicted octanol–water partition coefficient (Wildman–Crippen LogP) is 15.2. The van der Waals surface area contributed by atoms with E-state index in [0.29, 0.717) is 45.2 Å². The molecule has 7 nitrogen and oxygen atoms in total. The molecule has 0 N–H and O–H groups in total. The number of ether oxygens (including phenoxy) is 1. The standard InChI is InChI=1S/C59H32N4O3/c1-61-44-24-27-56-52(33-44)63-58(66-56)43-30-41(29-42(31-43)57-62-51-28-35(34-60)14-26-55(51)65-57)39-21-17-37(18-22-39)36-15-19-38(20-16-36)40-23-25-46-45-8-2-3-9-47(45)59(50(46)32-40)48-10-4-6-12-53(48)64-54-13-7-5-11-49(54)59/h2-33H. The topological polar surface area (TPSA) is 89.4 Å². The number of nitriles is 1. The third-order valence-corrected chi connectivity index (χ3v) is 13.1. The van der Waals surface area contributed by atoms with Crippen LogP contribution in [0, 0.1) is 17.9 Å². The lowest BCUT2D eigenvalue weighted by Crippen LogP contribution is -2.32. The van der Waals surface area contributed by atoms with Crippen LogP contribution in [0.4, 0.5) is 5.69 Å². The highest BCUT2D eigenvalue weighted by molar-refractivity contribution is 5.91. The maximum atomic E-state index is 9.49. The molecule has 1 aliphatic carbocycles. The zero-order valence-corrected chi connectivity index (χ0v) is 35.0. The van der Waals surface area contributed by atoms with Crippen LogP contribution in [-0.2, 0) is 5.41 Å². The van der Waals surface area contributed by atoms with E-state index in [1.807, 2.05) is 30.3 Å². The summed E-state index contributed by atoms with van der Waals surface area (Å²) in [4.78, 5) is 13.1. The summed E-state index contributed by atoms with van der Waals surface area (Å²) in [5.74, 6) is 2.59. The van der Waals surface area contributed by atoms with Crippen molar-refractivity contribution in [2.45, 2.75) is 5.41 Å². The van der Waals surface area contributed by atoms with E-state index in [9.17, 15) is 5.26 Å². The minimum Gasteiger partial charge on any atom is -0.457 e. The Morgan fingerprint density at radius 1 is 0.439 bits per heavy atom. The van der Waals surface area contributed by atoms with Crippen LogP contribution >= 0.6 is 0 Å². The lowest BCUT2D eigenvalue weighted by Gasteiger charge is -2.39. The first-order valence-corrected chi connectivity index (χ1v) is 21.6. The molecule has 1 spiro atoms. The van der Waals surface area contributed by atoms with Crippen molar-refractivity contribution in [3.8, 4) is 85.0 Å². The van der Waals surface area contributed by atoms with Crippen LogP contribution < -0.4 is 4.74 Å². The van der Waals surface area contributed by atoms with Crippen molar-refractivity contribution in [3.63, 3.8) is 0 Å². The van der Waals surface area contributed by atoms with E-state index in [1.165, 1.54) is 22.3 Å². The lowest BCUT2D eigenvalue weighted by molar-refractivity contribution is 0.436. The SMILES string of the molecule is [C-]#[N+]c1ccc2oc(-c3cc(-c4ccc(-c5ccc(-c6ccc7c(c6)C6(c8ccccc8Oc8ccccc86)c6ccccc6-7)cc5)cc4)cc(-c4nc5cc(C#N)ccc5o4)c3)nc2c1. The van der Waals surface area contributed by atoms with Crippen molar-refractivity contribution in [2.75, 3.05) is 0 Å². The molecule has 0 atom stereocenters. The highest BCUT2D eigenvalue weighted by Crippen LogP contribution is 2.62. The van der Waals surface area contributed by atoms with Gasteiger partial charge in [-0.25, -0.2) is 14.8 Å². The first kappa shape index (κ1) is 37.3. The molecule has 0 bridgehead atoms. The van der Waals surface area contributed by atoms with Crippen molar-refractivity contribution < 1.29 is 13.6 Å². The van der Waals surface area contributed by atoms with E-state index < -0.39 is 5.41 Å². The van der Waals surface area contributed by atoms with Gasteiger partial charge in [-0.05, 0) is 122 Å². The minimum atomic E-state index is -0.522. The number of oxazole rings is 2. The van der Waals surface area contributed by atoms with Gasteiger partial charge in [0.25, 0.3) is 0 Å². The third-order valence-electron chi connectivity index (χ3n) is 13.1. The van der Waals surface area contributed by atoms with Gasteiger partial charge in [-0.3, -0.25) is 0 Å². The Bertz CT molecular complexity index is 3730. The molecule has 66 heavy (non-hydrogen) atoms. The molecule has 3 heterocycles. The van der Waals surface area contributed by atoms with Gasteiger partial charge in [0, 0.05) is 22.3 Å². The van der Waals surface area contributed by atoms with Gasteiger partial charge < -0.3 is 13.6 Å². The van der Waals surface area contributed by atoms with Crippen molar-refractivity contribution in [2.24, 2.45) is 0 Å². The molecule has 0 radical (unpaired) electrons. The number of aromatic nitrogens is 2. The predicted molar refractivity (Wildman–Crippen MR) is 257 cm³/mol. The second-order valence-corrected chi connectivity index (χ2v) is 16.7. The summed E-state index contributed by atoms with van der Waals surface area (Å²) in [6.07, 6.45) is 0. The molecular weight excluding hydrogens is 813 g/mol. The van der Waals surface area contributed by atoms with E-state index in [0.717, 1.165) is 67.1 Å². The van der Waals surface area contributed by atoms with Gasteiger partial charge in [0.15, 0.2) is 16.9 Å². The fourth-order valence-corrected chi connectivity index (χ4v) is 10.0. The average molecular weight is 845 g/mol. The quantitative estimate of drug-likeness (QED) is 0.160. The van der Waals surface area contributed by atoms with Crippen LogP contribution in [0.1, 0.15) is 27.8 Å². The molecule has 2 aliphatic rings. The summed E-state index contributed by atoms with van der Waals surface area (Å²) in [6.45, 7) is 7.46. The molecule has 0 saturated carbocycles. The Morgan fingerprint density at radius 2 is 0.939 bits per heavy atom. The minimum absolute atomic E-state index is 0.414. The van der Waals surface area contributed by atoms with E-state index in [1.54, 1.807) is 36.4 Å². The second-order valence-electron chi connectivity index (χ2n) is 16.7. The molecule has 0 amide bonds. The number of fused-ring (bicyclic) bond motifs is 11. The zero-order valence-electron chi connectivity index (χ0n) is 35.0. The number of hydrogen-bond donors (Lipinski definition) is 0. The fourth-order valence-electron chi connectivity index (χ4n) is 10.0. The molecule has 13 rings (SSSR count). The Morgan fingerprint density at radius 3 is 1.56 bits per heavy atom. The van der Waals surface area contributed by atoms with Gasteiger partial charge >= 0.3 is 0 Å². The van der Waals surface area contributed by atoms with Gasteiger partial charge in [0.2, 0.25) is 11.8 Å². The Kier molecular flexibility index (Phi) is 8.11. The maximum Gasteiger partial charge on any atom is 0.227 e. The first-order valence-electron chi connectivity index (χ1n) is 21.6. The van der Waals surface area contributed by atoms with Gasteiger partial charge in [0.1, 0.15) is 17.0 Å². The molecule has 1 aliphatic heterocycles. The van der Waals surface area contributed by atoms with Crippen molar-refractivity contribution in [1.29, 1.82) is 5.26 Å².